The minimum absolute atomic E-state index is 0.177. The summed E-state index contributed by atoms with van der Waals surface area (Å²) in [5.41, 5.74) is 0.744. The van der Waals surface area contributed by atoms with E-state index in [9.17, 15) is 17.6 Å². The molecule has 3 rings (SSSR count). The average molecular weight is 450 g/mol. The zero-order chi connectivity index (χ0) is 22.6. The van der Waals surface area contributed by atoms with E-state index in [0.717, 1.165) is 54.4 Å². The highest BCUT2D eigenvalue weighted by Crippen LogP contribution is 2.24. The van der Waals surface area contributed by atoms with Gasteiger partial charge in [-0.15, -0.1) is 0 Å². The molecule has 2 aromatic carbocycles. The van der Waals surface area contributed by atoms with E-state index >= 15 is 0 Å². The Bertz CT molecular complexity index is 988. The number of hydrogen-bond acceptors (Lipinski definition) is 5. The van der Waals surface area contributed by atoms with Gasteiger partial charge in [-0.3, -0.25) is 9.10 Å². The maximum absolute atomic E-state index is 13.2. The van der Waals surface area contributed by atoms with E-state index in [4.69, 9.17) is 4.74 Å². The number of carbonyl (C=O) groups is 1. The highest BCUT2D eigenvalue weighted by Gasteiger charge is 2.29. The van der Waals surface area contributed by atoms with E-state index in [-0.39, 0.29) is 11.8 Å². The topological polar surface area (TPSA) is 79.0 Å². The Kier molecular flexibility index (Phi) is 7.17. The summed E-state index contributed by atoms with van der Waals surface area (Å²) in [6.45, 7) is 3.49. The van der Waals surface area contributed by atoms with Crippen LogP contribution in [-0.4, -0.2) is 57.8 Å². The zero-order valence-corrected chi connectivity index (χ0v) is 18.7. The summed E-state index contributed by atoms with van der Waals surface area (Å²) in [4.78, 5) is 15.0. The maximum Gasteiger partial charge on any atom is 0.247 e. The molecule has 7 nitrogen and oxygen atoms in total. The number of piperidine rings is 1. The molecule has 168 valence electrons. The Hall–Kier alpha value is -2.65. The lowest BCUT2D eigenvalue weighted by Gasteiger charge is -2.29. The minimum Gasteiger partial charge on any atom is -0.490 e. The van der Waals surface area contributed by atoms with Gasteiger partial charge < -0.3 is 15.0 Å². The number of likely N-dealkylation sites (tertiary alicyclic amines) is 1. The number of amides is 1. The quantitative estimate of drug-likeness (QED) is 0.703. The Balaban J connectivity index is 1.65. The first kappa shape index (κ1) is 23.0. The van der Waals surface area contributed by atoms with Crippen LogP contribution in [0, 0.1) is 5.82 Å². The van der Waals surface area contributed by atoms with Crippen LogP contribution in [0.1, 0.15) is 19.8 Å². The molecule has 1 aliphatic heterocycles. The van der Waals surface area contributed by atoms with E-state index in [1.165, 1.54) is 19.1 Å². The van der Waals surface area contributed by atoms with Gasteiger partial charge in [0.25, 0.3) is 0 Å². The smallest absolute Gasteiger partial charge is 0.247 e. The van der Waals surface area contributed by atoms with E-state index in [1.807, 2.05) is 0 Å². The van der Waals surface area contributed by atoms with Crippen LogP contribution in [0.5, 0.6) is 5.75 Å². The van der Waals surface area contributed by atoms with Crippen LogP contribution < -0.4 is 14.4 Å². The second-order valence-electron chi connectivity index (χ2n) is 7.85. The number of rotatable bonds is 7. The predicted molar refractivity (Wildman–Crippen MR) is 119 cm³/mol. The van der Waals surface area contributed by atoms with Crippen molar-refractivity contribution >= 4 is 27.3 Å². The highest BCUT2D eigenvalue weighted by molar-refractivity contribution is 7.92. The Morgan fingerprint density at radius 3 is 2.26 bits per heavy atom. The molecule has 0 saturated carbocycles. The standard InChI is InChI=1S/C22H28FN3O4S/c1-16(26(31(3,28)29)19-8-4-17(23)5-9-19)22(27)24-18-6-10-20(11-7-18)30-21-12-14-25(2)15-13-21/h4-11,16,21H,12-15H2,1-3H3,(H,24,27)/t16-/m1/s1. The molecule has 31 heavy (non-hydrogen) atoms. The molecule has 0 aromatic heterocycles. The molecule has 0 unspecified atom stereocenters. The van der Waals surface area contributed by atoms with Gasteiger partial charge in [-0.2, -0.15) is 0 Å². The van der Waals surface area contributed by atoms with Gasteiger partial charge in [-0.05, 0) is 75.3 Å². The summed E-state index contributed by atoms with van der Waals surface area (Å²) in [5, 5.41) is 2.73. The van der Waals surface area contributed by atoms with Gasteiger partial charge in [0.05, 0.1) is 11.9 Å². The fourth-order valence-electron chi connectivity index (χ4n) is 3.56. The van der Waals surface area contributed by atoms with Crippen molar-refractivity contribution in [1.82, 2.24) is 4.90 Å². The third-order valence-corrected chi connectivity index (χ3v) is 6.50. The van der Waals surface area contributed by atoms with Crippen LogP contribution in [0.3, 0.4) is 0 Å². The number of carbonyl (C=O) groups excluding carboxylic acids is 1. The molecule has 0 bridgehead atoms. The molecule has 1 atom stereocenters. The van der Waals surface area contributed by atoms with E-state index in [1.54, 1.807) is 24.3 Å². The van der Waals surface area contributed by atoms with Crippen molar-refractivity contribution in [3.8, 4) is 5.75 Å². The number of nitrogens with one attached hydrogen (secondary N) is 1. The van der Waals surface area contributed by atoms with Crippen LogP contribution in [0.25, 0.3) is 0 Å². The molecule has 1 saturated heterocycles. The second kappa shape index (κ2) is 9.65. The third-order valence-electron chi connectivity index (χ3n) is 5.26. The summed E-state index contributed by atoms with van der Waals surface area (Å²) in [5.74, 6) is -0.264. The van der Waals surface area contributed by atoms with Gasteiger partial charge in [0.15, 0.2) is 0 Å². The Morgan fingerprint density at radius 2 is 1.71 bits per heavy atom. The SMILES string of the molecule is C[C@H](C(=O)Nc1ccc(OC2CCN(C)CC2)cc1)N(c1ccc(F)cc1)S(C)(=O)=O. The van der Waals surface area contributed by atoms with Gasteiger partial charge in [-0.25, -0.2) is 12.8 Å². The maximum atomic E-state index is 13.2. The van der Waals surface area contributed by atoms with Crippen molar-refractivity contribution in [2.45, 2.75) is 31.9 Å². The zero-order valence-electron chi connectivity index (χ0n) is 17.9. The minimum atomic E-state index is -3.77. The largest absolute Gasteiger partial charge is 0.490 e. The molecule has 1 N–H and O–H groups in total. The van der Waals surface area contributed by atoms with Crippen molar-refractivity contribution in [1.29, 1.82) is 0 Å². The summed E-state index contributed by atoms with van der Waals surface area (Å²) in [6.07, 6.45) is 3.12. The number of ether oxygens (including phenoxy) is 1. The van der Waals surface area contributed by atoms with E-state index in [0.29, 0.717) is 5.69 Å². The van der Waals surface area contributed by atoms with E-state index < -0.39 is 27.8 Å². The first-order valence-corrected chi connectivity index (χ1v) is 12.0. The number of sulfonamides is 1. The van der Waals surface area contributed by atoms with Crippen LogP contribution in [0.2, 0.25) is 0 Å². The van der Waals surface area contributed by atoms with Crippen molar-refractivity contribution in [2.75, 3.05) is 36.0 Å². The molecule has 0 spiro atoms. The normalized spacial score (nSPS) is 16.5. The van der Waals surface area contributed by atoms with Crippen LogP contribution in [0.15, 0.2) is 48.5 Å². The summed E-state index contributed by atoms with van der Waals surface area (Å²) < 4.78 is 44.8. The summed E-state index contributed by atoms with van der Waals surface area (Å²) in [7, 11) is -1.67. The molecule has 0 aliphatic carbocycles. The predicted octanol–water partition coefficient (Wildman–Crippen LogP) is 3.09. The molecule has 0 radical (unpaired) electrons. The van der Waals surface area contributed by atoms with Gasteiger partial charge in [0, 0.05) is 18.8 Å². The Morgan fingerprint density at radius 1 is 1.13 bits per heavy atom. The fraction of sp³-hybridized carbons (Fsp3) is 0.409. The number of benzene rings is 2. The number of nitrogens with zero attached hydrogens (tertiary/aromatic N) is 2. The lowest BCUT2D eigenvalue weighted by molar-refractivity contribution is -0.116. The molecular weight excluding hydrogens is 421 g/mol. The number of anilines is 2. The Labute approximate surface area is 182 Å². The van der Waals surface area contributed by atoms with Gasteiger partial charge in [-0.1, -0.05) is 0 Å². The van der Waals surface area contributed by atoms with Crippen molar-refractivity contribution in [3.05, 3.63) is 54.3 Å². The first-order valence-electron chi connectivity index (χ1n) is 10.1. The van der Waals surface area contributed by atoms with Crippen LogP contribution in [-0.2, 0) is 14.8 Å². The number of halogens is 1. The monoisotopic (exact) mass is 449 g/mol. The molecular formula is C22H28FN3O4S. The van der Waals surface area contributed by atoms with Gasteiger partial charge in [0.1, 0.15) is 23.7 Å². The van der Waals surface area contributed by atoms with Crippen molar-refractivity contribution in [3.63, 3.8) is 0 Å². The highest BCUT2D eigenvalue weighted by atomic mass is 32.2. The van der Waals surface area contributed by atoms with E-state index in [2.05, 4.69) is 17.3 Å². The second-order valence-corrected chi connectivity index (χ2v) is 9.70. The van der Waals surface area contributed by atoms with Crippen molar-refractivity contribution < 1.29 is 22.3 Å². The third kappa shape index (κ3) is 6.18. The lowest BCUT2D eigenvalue weighted by atomic mass is 10.1. The molecule has 9 heteroatoms. The first-order chi connectivity index (χ1) is 14.6. The molecule has 1 aliphatic rings. The molecule has 1 heterocycles. The summed E-state index contributed by atoms with van der Waals surface area (Å²) in [6, 6.07) is 10.9. The molecule has 2 aromatic rings. The number of hydrogen-bond donors (Lipinski definition) is 1. The average Bonchev–Trinajstić information content (AvgIpc) is 2.71. The fourth-order valence-corrected chi connectivity index (χ4v) is 4.73. The molecule has 1 fully saturated rings. The lowest BCUT2D eigenvalue weighted by Crippen LogP contribution is -2.45. The van der Waals surface area contributed by atoms with Gasteiger partial charge in [0.2, 0.25) is 15.9 Å². The van der Waals surface area contributed by atoms with Crippen molar-refractivity contribution in [2.24, 2.45) is 0 Å². The summed E-state index contributed by atoms with van der Waals surface area (Å²) >= 11 is 0. The van der Waals surface area contributed by atoms with Gasteiger partial charge >= 0.3 is 0 Å². The van der Waals surface area contributed by atoms with Crippen LogP contribution in [0.4, 0.5) is 15.8 Å². The molecule has 1 amide bonds. The van der Waals surface area contributed by atoms with Crippen LogP contribution >= 0.6 is 0 Å².